The summed E-state index contributed by atoms with van der Waals surface area (Å²) in [6.07, 6.45) is 12.3. The Hall–Kier alpha value is -5.00. The number of anilines is 1. The van der Waals surface area contributed by atoms with Crippen molar-refractivity contribution in [3.63, 3.8) is 0 Å². The van der Waals surface area contributed by atoms with Crippen molar-refractivity contribution in [2.24, 2.45) is 4.99 Å². The first kappa shape index (κ1) is 26.2. The molecule has 12 nitrogen and oxygen atoms in total. The predicted molar refractivity (Wildman–Crippen MR) is 159 cm³/mol. The minimum absolute atomic E-state index is 0.00319. The maximum atomic E-state index is 13.2. The van der Waals surface area contributed by atoms with Crippen LogP contribution in [0.4, 0.5) is 5.82 Å². The van der Waals surface area contributed by atoms with Gasteiger partial charge < -0.3 is 25.5 Å². The molecule has 5 aromatic heterocycles. The number of aryl methyl sites for hydroxylation is 1. The SMILES string of the molecule is CN=CNC(C(=O)N1CCC(n2cc(C)c3c(N)n4ncc(-c5ccc(-c6ncc[nH]6)nc5)c4nc32)CC1)=C(C)C. The van der Waals surface area contributed by atoms with Gasteiger partial charge in [-0.2, -0.15) is 9.61 Å². The molecule has 1 aliphatic heterocycles. The number of rotatable bonds is 6. The number of H-pyrrole nitrogens is 1. The Bertz CT molecular complexity index is 1780. The number of nitrogens with two attached hydrogens (primary N) is 1. The average molecular weight is 552 g/mol. The van der Waals surface area contributed by atoms with Gasteiger partial charge in [-0.3, -0.25) is 14.8 Å². The lowest BCUT2D eigenvalue weighted by atomic mass is 10.0. The van der Waals surface area contributed by atoms with Crippen LogP contribution in [-0.2, 0) is 4.79 Å². The van der Waals surface area contributed by atoms with E-state index >= 15 is 0 Å². The standard InChI is InChI=1S/C29H33N11O/c1-17(2)24(35-16-31-4)29(41)38-11-7-20(8-12-38)39-15-18(3)23-25(30)40-27(37-28(23)39)21(14-36-40)19-5-6-22(34-13-19)26-32-9-10-33-26/h5-6,9-10,13-16,20H,7-8,11-12,30H2,1-4H3,(H,31,35)(H,32,33). The van der Waals surface area contributed by atoms with Crippen molar-refractivity contribution in [3.8, 4) is 22.6 Å². The second-order valence-electron chi connectivity index (χ2n) is 10.5. The maximum absolute atomic E-state index is 13.2. The first-order valence-corrected chi connectivity index (χ1v) is 13.6. The van der Waals surface area contributed by atoms with Gasteiger partial charge in [0.05, 0.1) is 17.9 Å². The minimum Gasteiger partial charge on any atom is -0.383 e. The maximum Gasteiger partial charge on any atom is 0.270 e. The Balaban J connectivity index is 1.31. The van der Waals surface area contributed by atoms with Gasteiger partial charge in [0.2, 0.25) is 0 Å². The molecule has 1 amide bonds. The summed E-state index contributed by atoms with van der Waals surface area (Å²) in [5, 5.41) is 8.50. The number of nitrogens with zero attached hydrogens (tertiary/aromatic N) is 8. The first-order chi connectivity index (χ1) is 19.9. The summed E-state index contributed by atoms with van der Waals surface area (Å²) in [6.45, 7) is 7.19. The number of allylic oxidation sites excluding steroid dienone is 1. The number of aromatic nitrogens is 7. The Morgan fingerprint density at radius 1 is 1.17 bits per heavy atom. The number of pyridine rings is 1. The molecule has 0 radical (unpaired) electrons. The molecule has 0 unspecified atom stereocenters. The van der Waals surface area contributed by atoms with Gasteiger partial charge in [-0.25, -0.2) is 9.97 Å². The molecule has 41 heavy (non-hydrogen) atoms. The van der Waals surface area contributed by atoms with Gasteiger partial charge in [-0.05, 0) is 50.8 Å². The average Bonchev–Trinajstić information content (AvgIpc) is 3.73. The van der Waals surface area contributed by atoms with Crippen molar-refractivity contribution in [1.82, 2.24) is 44.3 Å². The zero-order valence-corrected chi connectivity index (χ0v) is 23.6. The van der Waals surface area contributed by atoms with Gasteiger partial charge in [0.1, 0.15) is 22.9 Å². The number of hydrogen-bond acceptors (Lipinski definition) is 7. The molecule has 0 atom stereocenters. The Labute approximate surface area is 237 Å². The number of imidazole rings is 1. The second-order valence-corrected chi connectivity index (χ2v) is 10.5. The molecule has 4 N–H and O–H groups in total. The zero-order chi connectivity index (χ0) is 28.7. The van der Waals surface area contributed by atoms with E-state index in [-0.39, 0.29) is 11.9 Å². The summed E-state index contributed by atoms with van der Waals surface area (Å²) in [6, 6.07) is 4.10. The van der Waals surface area contributed by atoms with Crippen LogP contribution in [0, 0.1) is 6.92 Å². The molecule has 1 aliphatic rings. The Morgan fingerprint density at radius 2 is 1.98 bits per heavy atom. The minimum atomic E-state index is -0.00319. The molecular formula is C29H33N11O. The van der Waals surface area contributed by atoms with E-state index < -0.39 is 0 Å². The van der Waals surface area contributed by atoms with Crippen LogP contribution in [0.25, 0.3) is 39.3 Å². The number of hydrogen-bond donors (Lipinski definition) is 3. The number of piperidine rings is 1. The number of nitrogens with one attached hydrogen (secondary N) is 2. The van der Waals surface area contributed by atoms with Crippen LogP contribution in [0.1, 0.15) is 38.3 Å². The summed E-state index contributed by atoms with van der Waals surface area (Å²) >= 11 is 0. The van der Waals surface area contributed by atoms with Crippen LogP contribution in [0.5, 0.6) is 0 Å². The number of aromatic amines is 1. The molecular weight excluding hydrogens is 518 g/mol. The molecule has 6 heterocycles. The summed E-state index contributed by atoms with van der Waals surface area (Å²) < 4.78 is 3.92. The number of carbonyl (C=O) groups is 1. The molecule has 0 aromatic carbocycles. The summed E-state index contributed by atoms with van der Waals surface area (Å²) in [4.78, 5) is 36.1. The van der Waals surface area contributed by atoms with E-state index in [0.29, 0.717) is 36.1 Å². The lowest BCUT2D eigenvalue weighted by Gasteiger charge is -2.33. The van der Waals surface area contributed by atoms with E-state index in [9.17, 15) is 4.79 Å². The molecule has 1 saturated heterocycles. The molecule has 0 bridgehead atoms. The van der Waals surface area contributed by atoms with E-state index in [1.807, 2.05) is 37.8 Å². The first-order valence-electron chi connectivity index (χ1n) is 13.6. The third-order valence-electron chi connectivity index (χ3n) is 7.65. The summed E-state index contributed by atoms with van der Waals surface area (Å²) in [5.74, 6) is 1.26. The lowest BCUT2D eigenvalue weighted by Crippen LogP contribution is -2.42. The monoisotopic (exact) mass is 551 g/mol. The Kier molecular flexibility index (Phi) is 6.73. The predicted octanol–water partition coefficient (Wildman–Crippen LogP) is 3.73. The van der Waals surface area contributed by atoms with E-state index in [4.69, 9.17) is 10.7 Å². The smallest absolute Gasteiger partial charge is 0.270 e. The third-order valence-corrected chi connectivity index (χ3v) is 7.65. The van der Waals surface area contributed by atoms with E-state index in [2.05, 4.69) is 41.1 Å². The van der Waals surface area contributed by atoms with Gasteiger partial charge >= 0.3 is 0 Å². The van der Waals surface area contributed by atoms with Crippen LogP contribution in [0.3, 0.4) is 0 Å². The normalized spacial score (nSPS) is 14.4. The van der Waals surface area contributed by atoms with Crippen molar-refractivity contribution in [3.05, 3.63) is 60.0 Å². The highest BCUT2D eigenvalue weighted by Crippen LogP contribution is 2.35. The van der Waals surface area contributed by atoms with Crippen LogP contribution in [-0.4, -0.2) is 71.4 Å². The molecule has 0 spiro atoms. The topological polar surface area (TPSA) is 147 Å². The summed E-state index contributed by atoms with van der Waals surface area (Å²) in [5.41, 5.74) is 13.2. The van der Waals surface area contributed by atoms with Crippen LogP contribution in [0.15, 0.2) is 59.4 Å². The number of likely N-dealkylation sites (tertiary alicyclic amines) is 1. The van der Waals surface area contributed by atoms with Crippen molar-refractivity contribution < 1.29 is 4.79 Å². The van der Waals surface area contributed by atoms with Gasteiger partial charge in [-0.1, -0.05) is 6.07 Å². The van der Waals surface area contributed by atoms with Crippen molar-refractivity contribution >= 4 is 34.7 Å². The van der Waals surface area contributed by atoms with Gasteiger partial charge in [0.25, 0.3) is 5.91 Å². The number of carbonyl (C=O) groups excluding carboxylic acids is 1. The molecule has 5 aromatic rings. The number of aliphatic imine (C=N–C) groups is 1. The lowest BCUT2D eigenvalue weighted by molar-refractivity contribution is -0.128. The molecule has 210 valence electrons. The number of amides is 1. The fourth-order valence-corrected chi connectivity index (χ4v) is 5.54. The fourth-order valence-electron chi connectivity index (χ4n) is 5.54. The van der Waals surface area contributed by atoms with Crippen molar-refractivity contribution in [2.75, 3.05) is 25.9 Å². The second kappa shape index (κ2) is 10.5. The highest BCUT2D eigenvalue weighted by Gasteiger charge is 2.28. The Morgan fingerprint density at radius 3 is 2.63 bits per heavy atom. The van der Waals surface area contributed by atoms with Crippen molar-refractivity contribution in [2.45, 2.75) is 39.7 Å². The highest BCUT2D eigenvalue weighted by atomic mass is 16.2. The van der Waals surface area contributed by atoms with Crippen molar-refractivity contribution in [1.29, 1.82) is 0 Å². The van der Waals surface area contributed by atoms with Crippen LogP contribution < -0.4 is 11.1 Å². The van der Waals surface area contributed by atoms with E-state index in [0.717, 1.165) is 51.8 Å². The quantitative estimate of drug-likeness (QED) is 0.165. The van der Waals surface area contributed by atoms with Gasteiger partial charge in [0.15, 0.2) is 11.5 Å². The number of nitrogen functional groups attached to an aromatic ring is 1. The van der Waals surface area contributed by atoms with E-state index in [1.165, 1.54) is 0 Å². The van der Waals surface area contributed by atoms with Crippen LogP contribution >= 0.6 is 0 Å². The molecule has 6 rings (SSSR count). The molecule has 0 aliphatic carbocycles. The van der Waals surface area contributed by atoms with E-state index in [1.54, 1.807) is 42.7 Å². The fraction of sp³-hybridized carbons (Fsp3) is 0.310. The number of fused-ring (bicyclic) bond motifs is 2. The zero-order valence-electron chi connectivity index (χ0n) is 23.6. The molecule has 1 fully saturated rings. The largest absolute Gasteiger partial charge is 0.383 e. The van der Waals surface area contributed by atoms with Gasteiger partial charge in [0, 0.05) is 62.1 Å². The van der Waals surface area contributed by atoms with Gasteiger partial charge in [-0.15, -0.1) is 0 Å². The third kappa shape index (κ3) is 4.60. The highest BCUT2D eigenvalue weighted by molar-refractivity contribution is 5.96. The summed E-state index contributed by atoms with van der Waals surface area (Å²) in [7, 11) is 1.67. The molecule has 12 heteroatoms. The van der Waals surface area contributed by atoms with Crippen LogP contribution in [0.2, 0.25) is 0 Å². The molecule has 0 saturated carbocycles.